The van der Waals surface area contributed by atoms with Crippen molar-refractivity contribution in [1.29, 1.82) is 0 Å². The summed E-state index contributed by atoms with van der Waals surface area (Å²) in [7, 11) is 0. The Labute approximate surface area is 106 Å². The first-order valence-corrected chi connectivity index (χ1v) is 7.64. The van der Waals surface area contributed by atoms with Gasteiger partial charge in [-0.15, -0.1) is 0 Å². The Hall–Kier alpha value is -0.0800. The summed E-state index contributed by atoms with van der Waals surface area (Å²) in [6.45, 7) is 3.22. The van der Waals surface area contributed by atoms with Crippen molar-refractivity contribution in [2.75, 3.05) is 6.61 Å². The van der Waals surface area contributed by atoms with Gasteiger partial charge in [0.25, 0.3) is 0 Å². The molecule has 2 fully saturated rings. The van der Waals surface area contributed by atoms with Crippen LogP contribution in [0.3, 0.4) is 0 Å². The van der Waals surface area contributed by atoms with E-state index in [1.165, 1.54) is 64.2 Å². The van der Waals surface area contributed by atoms with Crippen LogP contribution in [0.5, 0.6) is 0 Å². The molecule has 1 heterocycles. The Morgan fingerprint density at radius 2 is 2.06 bits per heavy atom. The summed E-state index contributed by atoms with van der Waals surface area (Å²) < 4.78 is 6.08. The fourth-order valence-corrected chi connectivity index (χ4v) is 3.71. The first kappa shape index (κ1) is 13.4. The molecule has 1 saturated heterocycles. The van der Waals surface area contributed by atoms with Crippen molar-refractivity contribution in [2.45, 2.75) is 82.8 Å². The second-order valence-electron chi connectivity index (χ2n) is 6.22. The fraction of sp³-hybridized carbons (Fsp3) is 1.00. The zero-order valence-electron chi connectivity index (χ0n) is 11.4. The molecule has 2 nitrogen and oxygen atoms in total. The summed E-state index contributed by atoms with van der Waals surface area (Å²) in [6, 6.07) is 0.433. The highest BCUT2D eigenvalue weighted by molar-refractivity contribution is 4.91. The number of hydrogen-bond acceptors (Lipinski definition) is 2. The molecule has 0 amide bonds. The summed E-state index contributed by atoms with van der Waals surface area (Å²) in [6.07, 6.45) is 12.9. The highest BCUT2D eigenvalue weighted by Gasteiger charge is 2.39. The number of rotatable bonds is 5. The molecule has 1 saturated carbocycles. The Balaban J connectivity index is 1.74. The molecule has 0 aromatic heterocycles. The Kier molecular flexibility index (Phi) is 4.87. The van der Waals surface area contributed by atoms with Crippen LogP contribution in [0.25, 0.3) is 0 Å². The molecule has 0 radical (unpaired) electrons. The highest BCUT2D eigenvalue weighted by Crippen LogP contribution is 2.43. The van der Waals surface area contributed by atoms with Crippen molar-refractivity contribution in [3.8, 4) is 0 Å². The van der Waals surface area contributed by atoms with E-state index in [9.17, 15) is 0 Å². The standard InChI is InChI=1S/C15H29NO/c1-2-5-14(16)7-6-13-8-11-17-15(12-13)9-3-4-10-15/h13-14H,2-12,16H2,1H3. The van der Waals surface area contributed by atoms with Gasteiger partial charge < -0.3 is 10.5 Å². The lowest BCUT2D eigenvalue weighted by molar-refractivity contribution is -0.0940. The van der Waals surface area contributed by atoms with Gasteiger partial charge in [-0.05, 0) is 50.9 Å². The zero-order valence-corrected chi connectivity index (χ0v) is 11.4. The fourth-order valence-electron chi connectivity index (χ4n) is 3.71. The normalized spacial score (nSPS) is 29.6. The van der Waals surface area contributed by atoms with Crippen LogP contribution in [0.4, 0.5) is 0 Å². The van der Waals surface area contributed by atoms with Gasteiger partial charge in [0.05, 0.1) is 5.60 Å². The highest BCUT2D eigenvalue weighted by atomic mass is 16.5. The van der Waals surface area contributed by atoms with E-state index >= 15 is 0 Å². The van der Waals surface area contributed by atoms with E-state index in [1.807, 2.05) is 0 Å². The molecule has 1 aliphatic heterocycles. The molecule has 0 bridgehead atoms. The predicted molar refractivity (Wildman–Crippen MR) is 72.0 cm³/mol. The van der Waals surface area contributed by atoms with E-state index in [0.29, 0.717) is 6.04 Å². The molecule has 2 rings (SSSR count). The smallest absolute Gasteiger partial charge is 0.0685 e. The second kappa shape index (κ2) is 6.19. The average Bonchev–Trinajstić information content (AvgIpc) is 2.75. The van der Waals surface area contributed by atoms with Gasteiger partial charge in [0, 0.05) is 12.6 Å². The van der Waals surface area contributed by atoms with Crippen LogP contribution in [-0.4, -0.2) is 18.2 Å². The first-order chi connectivity index (χ1) is 8.24. The molecule has 2 unspecified atom stereocenters. The van der Waals surface area contributed by atoms with Crippen LogP contribution in [0.15, 0.2) is 0 Å². The maximum Gasteiger partial charge on any atom is 0.0685 e. The SMILES string of the molecule is CCCC(N)CCC1CCOC2(CCCC2)C1. The van der Waals surface area contributed by atoms with E-state index in [0.717, 1.165) is 12.5 Å². The lowest BCUT2D eigenvalue weighted by Gasteiger charge is -2.38. The quantitative estimate of drug-likeness (QED) is 0.795. The molecule has 1 aliphatic carbocycles. The molecule has 0 aromatic rings. The molecule has 2 N–H and O–H groups in total. The summed E-state index contributed by atoms with van der Waals surface area (Å²) in [5.74, 6) is 0.879. The Morgan fingerprint density at radius 1 is 1.29 bits per heavy atom. The predicted octanol–water partition coefficient (Wildman–Crippen LogP) is 3.63. The topological polar surface area (TPSA) is 35.2 Å². The maximum absolute atomic E-state index is 6.12. The van der Waals surface area contributed by atoms with Crippen LogP contribution in [0.2, 0.25) is 0 Å². The van der Waals surface area contributed by atoms with Crippen LogP contribution in [-0.2, 0) is 4.74 Å². The van der Waals surface area contributed by atoms with Crippen molar-refractivity contribution in [1.82, 2.24) is 0 Å². The molecule has 2 atom stereocenters. The molecular weight excluding hydrogens is 210 g/mol. The molecule has 0 aromatic carbocycles. The van der Waals surface area contributed by atoms with E-state index in [-0.39, 0.29) is 5.60 Å². The molecule has 2 heteroatoms. The van der Waals surface area contributed by atoms with Gasteiger partial charge in [0.15, 0.2) is 0 Å². The van der Waals surface area contributed by atoms with Crippen LogP contribution in [0.1, 0.15) is 71.1 Å². The van der Waals surface area contributed by atoms with Gasteiger partial charge in [0.1, 0.15) is 0 Å². The molecule has 17 heavy (non-hydrogen) atoms. The maximum atomic E-state index is 6.12. The summed E-state index contributed by atoms with van der Waals surface area (Å²) in [5, 5.41) is 0. The van der Waals surface area contributed by atoms with Gasteiger partial charge in [-0.2, -0.15) is 0 Å². The third-order valence-electron chi connectivity index (χ3n) is 4.71. The van der Waals surface area contributed by atoms with Crippen molar-refractivity contribution < 1.29 is 4.74 Å². The minimum atomic E-state index is 0.289. The van der Waals surface area contributed by atoms with Gasteiger partial charge in [-0.3, -0.25) is 0 Å². The van der Waals surface area contributed by atoms with Gasteiger partial charge in [0.2, 0.25) is 0 Å². The minimum absolute atomic E-state index is 0.289. The summed E-state index contributed by atoms with van der Waals surface area (Å²) in [5.41, 5.74) is 6.40. The molecular formula is C15H29NO. The third kappa shape index (κ3) is 3.69. The molecule has 2 aliphatic rings. The van der Waals surface area contributed by atoms with Crippen molar-refractivity contribution in [3.63, 3.8) is 0 Å². The lowest BCUT2D eigenvalue weighted by Crippen LogP contribution is -2.37. The zero-order chi connectivity index (χ0) is 12.1. The Bertz CT molecular complexity index is 223. The summed E-state index contributed by atoms with van der Waals surface area (Å²) in [4.78, 5) is 0. The van der Waals surface area contributed by atoms with Crippen molar-refractivity contribution in [3.05, 3.63) is 0 Å². The van der Waals surface area contributed by atoms with E-state index in [2.05, 4.69) is 6.92 Å². The van der Waals surface area contributed by atoms with E-state index < -0.39 is 0 Å². The minimum Gasteiger partial charge on any atom is -0.375 e. The van der Waals surface area contributed by atoms with E-state index in [1.54, 1.807) is 0 Å². The van der Waals surface area contributed by atoms with Gasteiger partial charge in [-0.1, -0.05) is 26.2 Å². The van der Waals surface area contributed by atoms with Crippen LogP contribution >= 0.6 is 0 Å². The number of nitrogens with two attached hydrogens (primary N) is 1. The monoisotopic (exact) mass is 239 g/mol. The van der Waals surface area contributed by atoms with Crippen molar-refractivity contribution in [2.24, 2.45) is 11.7 Å². The second-order valence-corrected chi connectivity index (χ2v) is 6.22. The molecule has 1 spiro atoms. The van der Waals surface area contributed by atoms with E-state index in [4.69, 9.17) is 10.5 Å². The van der Waals surface area contributed by atoms with Crippen LogP contribution in [0, 0.1) is 5.92 Å². The van der Waals surface area contributed by atoms with Crippen molar-refractivity contribution >= 4 is 0 Å². The Morgan fingerprint density at radius 3 is 2.76 bits per heavy atom. The largest absolute Gasteiger partial charge is 0.375 e. The van der Waals surface area contributed by atoms with Gasteiger partial charge >= 0.3 is 0 Å². The van der Waals surface area contributed by atoms with Crippen LogP contribution < -0.4 is 5.73 Å². The molecule has 100 valence electrons. The number of ether oxygens (including phenoxy) is 1. The van der Waals surface area contributed by atoms with Gasteiger partial charge in [-0.25, -0.2) is 0 Å². The summed E-state index contributed by atoms with van der Waals surface area (Å²) >= 11 is 0. The average molecular weight is 239 g/mol. The first-order valence-electron chi connectivity index (χ1n) is 7.64. The third-order valence-corrected chi connectivity index (χ3v) is 4.71. The lowest BCUT2D eigenvalue weighted by atomic mass is 9.81. The number of hydrogen-bond donors (Lipinski definition) is 1.